The van der Waals surface area contributed by atoms with E-state index in [1.165, 1.54) is 0 Å². The number of benzene rings is 1. The molecule has 0 bridgehead atoms. The summed E-state index contributed by atoms with van der Waals surface area (Å²) in [5.41, 5.74) is 7.41. The molecular weight excluding hydrogens is 334 g/mol. The van der Waals surface area contributed by atoms with Crippen molar-refractivity contribution in [1.82, 2.24) is 10.1 Å². The van der Waals surface area contributed by atoms with E-state index in [9.17, 15) is 0 Å². The second-order valence-corrected chi connectivity index (χ2v) is 6.12. The fourth-order valence-electron chi connectivity index (χ4n) is 1.87. The van der Waals surface area contributed by atoms with Crippen LogP contribution in [-0.2, 0) is 10.3 Å². The molecule has 0 aliphatic carbocycles. The minimum atomic E-state index is -0.771. The smallest absolute Gasteiger partial charge is 0.259 e. The van der Waals surface area contributed by atoms with Crippen molar-refractivity contribution in [2.45, 2.75) is 32.7 Å². The number of aromatic nitrogens is 2. The fourth-order valence-corrected chi connectivity index (χ4v) is 2.30. The third-order valence-electron chi connectivity index (χ3n) is 3.11. The van der Waals surface area contributed by atoms with Gasteiger partial charge in [-0.1, -0.05) is 24.2 Å². The molecule has 0 spiro atoms. The predicted molar refractivity (Wildman–Crippen MR) is 84.8 cm³/mol. The second kappa shape index (κ2) is 6.68. The zero-order valence-electron chi connectivity index (χ0n) is 12.5. The first kappa shape index (κ1) is 16.1. The molecule has 114 valence electrons. The minimum Gasteiger partial charge on any atom is -0.379 e. The molecule has 0 aliphatic rings. The average molecular weight is 354 g/mol. The molecule has 0 aliphatic heterocycles. The number of ether oxygens (including phenoxy) is 1. The zero-order valence-corrected chi connectivity index (χ0v) is 14.1. The molecule has 1 heterocycles. The van der Waals surface area contributed by atoms with Crippen molar-refractivity contribution in [3.63, 3.8) is 0 Å². The molecule has 0 radical (unpaired) electrons. The maximum absolute atomic E-state index is 6.22. The van der Waals surface area contributed by atoms with Crippen LogP contribution in [0.15, 0.2) is 27.2 Å². The molecule has 6 heteroatoms. The van der Waals surface area contributed by atoms with Crippen LogP contribution in [0.3, 0.4) is 0 Å². The van der Waals surface area contributed by atoms with Gasteiger partial charge in [-0.25, -0.2) is 0 Å². The van der Waals surface area contributed by atoms with Gasteiger partial charge in [0.25, 0.3) is 5.89 Å². The number of hydrogen-bond donors (Lipinski definition) is 1. The Kier molecular flexibility index (Phi) is 5.13. The molecule has 2 rings (SSSR count). The number of aryl methyl sites for hydroxylation is 1. The van der Waals surface area contributed by atoms with Gasteiger partial charge in [0.2, 0.25) is 0 Å². The third kappa shape index (κ3) is 3.70. The lowest BCUT2D eigenvalue weighted by Gasteiger charge is -2.19. The average Bonchev–Trinajstić information content (AvgIpc) is 2.92. The Morgan fingerprint density at radius 3 is 2.90 bits per heavy atom. The quantitative estimate of drug-likeness (QED) is 0.805. The summed E-state index contributed by atoms with van der Waals surface area (Å²) in [6, 6.07) is 5.89. The van der Waals surface area contributed by atoms with Crippen molar-refractivity contribution in [3.05, 3.63) is 34.1 Å². The maximum atomic E-state index is 6.22. The largest absolute Gasteiger partial charge is 0.379 e. The number of nitrogens with two attached hydrogens (primary N) is 1. The highest BCUT2D eigenvalue weighted by Crippen LogP contribution is 2.30. The van der Waals surface area contributed by atoms with Crippen LogP contribution in [0.2, 0.25) is 0 Å². The van der Waals surface area contributed by atoms with E-state index >= 15 is 0 Å². The monoisotopic (exact) mass is 353 g/mol. The summed E-state index contributed by atoms with van der Waals surface area (Å²) < 4.78 is 11.8. The summed E-state index contributed by atoms with van der Waals surface area (Å²) in [6.07, 6.45) is 0.948. The van der Waals surface area contributed by atoms with Crippen LogP contribution in [0.25, 0.3) is 11.5 Å². The number of halogens is 1. The number of nitrogens with zero attached hydrogens (tertiary/aromatic N) is 2. The zero-order chi connectivity index (χ0) is 15.5. The fraction of sp³-hybridized carbons (Fsp3) is 0.467. The molecule has 0 fully saturated rings. The predicted octanol–water partition coefficient (Wildman–Crippen LogP) is 3.41. The van der Waals surface area contributed by atoms with E-state index in [4.69, 9.17) is 15.0 Å². The molecule has 5 nitrogen and oxygen atoms in total. The van der Waals surface area contributed by atoms with Gasteiger partial charge in [-0.2, -0.15) is 4.98 Å². The lowest BCUT2D eigenvalue weighted by Crippen LogP contribution is -2.39. The van der Waals surface area contributed by atoms with Gasteiger partial charge in [-0.05, 0) is 47.8 Å². The molecule has 0 amide bonds. The Morgan fingerprint density at radius 2 is 2.19 bits per heavy atom. The first-order chi connectivity index (χ1) is 9.95. The topological polar surface area (TPSA) is 74.2 Å². The summed E-state index contributed by atoms with van der Waals surface area (Å²) in [6.45, 7) is 6.92. The highest BCUT2D eigenvalue weighted by Gasteiger charge is 2.28. The minimum absolute atomic E-state index is 0.356. The van der Waals surface area contributed by atoms with E-state index in [-0.39, 0.29) is 0 Å². The number of rotatable bonds is 6. The van der Waals surface area contributed by atoms with E-state index in [1.54, 1.807) is 0 Å². The van der Waals surface area contributed by atoms with Crippen LogP contribution >= 0.6 is 15.9 Å². The van der Waals surface area contributed by atoms with Crippen molar-refractivity contribution in [1.29, 1.82) is 0 Å². The Balaban J connectivity index is 2.23. The van der Waals surface area contributed by atoms with Gasteiger partial charge in [-0.15, -0.1) is 0 Å². The molecule has 1 aromatic heterocycles. The molecule has 1 aromatic carbocycles. The molecule has 2 aromatic rings. The van der Waals surface area contributed by atoms with Gasteiger partial charge in [0.1, 0.15) is 5.54 Å². The Labute approximate surface area is 133 Å². The van der Waals surface area contributed by atoms with Crippen molar-refractivity contribution < 1.29 is 9.26 Å². The molecule has 1 atom stereocenters. The Hall–Kier alpha value is -1.24. The van der Waals surface area contributed by atoms with Gasteiger partial charge < -0.3 is 15.0 Å². The van der Waals surface area contributed by atoms with E-state index in [0.29, 0.717) is 24.9 Å². The Morgan fingerprint density at radius 1 is 1.43 bits per heavy atom. The van der Waals surface area contributed by atoms with E-state index < -0.39 is 5.54 Å². The maximum Gasteiger partial charge on any atom is 0.259 e. The van der Waals surface area contributed by atoms with Crippen LogP contribution in [-0.4, -0.2) is 23.4 Å². The third-order valence-corrected chi connectivity index (χ3v) is 4.16. The summed E-state index contributed by atoms with van der Waals surface area (Å²) >= 11 is 3.54. The standard InChI is InChI=1S/C15H20BrN3O2/c1-4-8-20-9-15(3,17)14-18-13(21-19-14)11-7-5-6-10(2)12(11)16/h5-7H,4,8-9,17H2,1-3H3. The van der Waals surface area contributed by atoms with E-state index in [1.807, 2.05) is 32.0 Å². The van der Waals surface area contributed by atoms with Crippen molar-refractivity contribution in [2.75, 3.05) is 13.2 Å². The molecule has 0 saturated carbocycles. The first-order valence-electron chi connectivity index (χ1n) is 6.92. The lowest BCUT2D eigenvalue weighted by molar-refractivity contribution is 0.0867. The molecule has 0 saturated heterocycles. The SMILES string of the molecule is CCCOCC(C)(N)c1noc(-c2cccc(C)c2Br)n1. The summed E-state index contributed by atoms with van der Waals surface area (Å²) in [7, 11) is 0. The molecular formula is C15H20BrN3O2. The van der Waals surface area contributed by atoms with Crippen LogP contribution in [0.1, 0.15) is 31.7 Å². The van der Waals surface area contributed by atoms with Crippen molar-refractivity contribution in [2.24, 2.45) is 5.73 Å². The van der Waals surface area contributed by atoms with Crippen LogP contribution in [0, 0.1) is 6.92 Å². The van der Waals surface area contributed by atoms with Gasteiger partial charge in [0.15, 0.2) is 5.82 Å². The van der Waals surface area contributed by atoms with Gasteiger partial charge >= 0.3 is 0 Å². The second-order valence-electron chi connectivity index (χ2n) is 5.33. The Bertz CT molecular complexity index is 611. The molecule has 1 unspecified atom stereocenters. The summed E-state index contributed by atoms with van der Waals surface area (Å²) in [5.74, 6) is 0.898. The molecule has 21 heavy (non-hydrogen) atoms. The number of hydrogen-bond acceptors (Lipinski definition) is 5. The molecule has 2 N–H and O–H groups in total. The van der Waals surface area contributed by atoms with Crippen LogP contribution < -0.4 is 5.73 Å². The van der Waals surface area contributed by atoms with E-state index in [0.717, 1.165) is 22.0 Å². The van der Waals surface area contributed by atoms with Crippen molar-refractivity contribution >= 4 is 15.9 Å². The normalized spacial score (nSPS) is 14.1. The first-order valence-corrected chi connectivity index (χ1v) is 7.71. The summed E-state index contributed by atoms with van der Waals surface area (Å²) in [4.78, 5) is 4.42. The summed E-state index contributed by atoms with van der Waals surface area (Å²) in [5, 5.41) is 4.00. The van der Waals surface area contributed by atoms with Gasteiger partial charge in [0, 0.05) is 11.1 Å². The van der Waals surface area contributed by atoms with Gasteiger partial charge in [0.05, 0.1) is 12.2 Å². The highest BCUT2D eigenvalue weighted by atomic mass is 79.9. The highest BCUT2D eigenvalue weighted by molar-refractivity contribution is 9.10. The van der Waals surface area contributed by atoms with Crippen molar-refractivity contribution in [3.8, 4) is 11.5 Å². The lowest BCUT2D eigenvalue weighted by atomic mass is 10.1. The van der Waals surface area contributed by atoms with Crippen LogP contribution in [0.5, 0.6) is 0 Å². The van der Waals surface area contributed by atoms with Crippen LogP contribution in [0.4, 0.5) is 0 Å². The van der Waals surface area contributed by atoms with Gasteiger partial charge in [-0.3, -0.25) is 0 Å². The van der Waals surface area contributed by atoms with E-state index in [2.05, 4.69) is 33.0 Å².